The molecule has 0 spiro atoms. The van der Waals surface area contributed by atoms with Gasteiger partial charge in [-0.15, -0.1) is 0 Å². The molecule has 4 fully saturated rings. The van der Waals surface area contributed by atoms with Crippen LogP contribution in [0.5, 0.6) is 0 Å². The van der Waals surface area contributed by atoms with E-state index < -0.39 is 6.29 Å². The number of hydrogen-bond acceptors (Lipinski definition) is 2. The summed E-state index contributed by atoms with van der Waals surface area (Å²) in [7, 11) is 0. The summed E-state index contributed by atoms with van der Waals surface area (Å²) in [5, 5.41) is 9.53. The summed E-state index contributed by atoms with van der Waals surface area (Å²) < 4.78 is 5.61. The molecule has 12 heavy (non-hydrogen) atoms. The van der Waals surface area contributed by atoms with Crippen LogP contribution in [0.25, 0.3) is 0 Å². The van der Waals surface area contributed by atoms with E-state index >= 15 is 0 Å². The van der Waals surface area contributed by atoms with Gasteiger partial charge in [-0.05, 0) is 37.5 Å². The molecule has 0 radical (unpaired) electrons. The number of hydrogen-bond donors (Lipinski definition) is 1. The summed E-state index contributed by atoms with van der Waals surface area (Å²) in [6, 6.07) is 0. The van der Waals surface area contributed by atoms with E-state index in [9.17, 15) is 5.11 Å². The summed E-state index contributed by atoms with van der Waals surface area (Å²) >= 11 is 0. The van der Waals surface area contributed by atoms with Gasteiger partial charge in [-0.25, -0.2) is 0 Å². The normalized spacial score (nSPS) is 57.2. The summed E-state index contributed by atoms with van der Waals surface area (Å²) in [4.78, 5) is 0. The fourth-order valence-corrected chi connectivity index (χ4v) is 3.46. The summed E-state index contributed by atoms with van der Waals surface area (Å²) in [6.07, 6.45) is 6.50. The van der Waals surface area contributed by atoms with Gasteiger partial charge in [-0.2, -0.15) is 0 Å². The van der Waals surface area contributed by atoms with Crippen molar-refractivity contribution in [3.63, 3.8) is 0 Å². The van der Waals surface area contributed by atoms with Crippen LogP contribution in [0.3, 0.4) is 0 Å². The number of aliphatic hydroxyl groups is 1. The van der Waals surface area contributed by atoms with Gasteiger partial charge in [0.05, 0.1) is 6.10 Å². The van der Waals surface area contributed by atoms with E-state index in [1.54, 1.807) is 0 Å². The smallest absolute Gasteiger partial charge is 0.157 e. The molecular formula is C10H16O2. The molecule has 4 aliphatic rings. The first kappa shape index (κ1) is 7.34. The van der Waals surface area contributed by atoms with Crippen LogP contribution in [-0.2, 0) is 4.74 Å². The van der Waals surface area contributed by atoms with Crippen LogP contribution in [0.15, 0.2) is 0 Å². The Labute approximate surface area is 72.9 Å². The second kappa shape index (κ2) is 2.46. The number of fused-ring (bicyclic) bond motifs is 1. The van der Waals surface area contributed by atoms with Crippen LogP contribution >= 0.6 is 0 Å². The van der Waals surface area contributed by atoms with Gasteiger partial charge < -0.3 is 9.84 Å². The molecule has 0 amide bonds. The molecule has 2 heteroatoms. The lowest BCUT2D eigenvalue weighted by Gasteiger charge is -2.52. The Morgan fingerprint density at radius 3 is 2.25 bits per heavy atom. The molecule has 4 bridgehead atoms. The minimum absolute atomic E-state index is 0.416. The van der Waals surface area contributed by atoms with Gasteiger partial charge >= 0.3 is 0 Å². The molecule has 1 N–H and O–H groups in total. The maximum atomic E-state index is 9.53. The van der Waals surface area contributed by atoms with Crippen LogP contribution in [0, 0.1) is 17.8 Å². The molecule has 2 aliphatic heterocycles. The monoisotopic (exact) mass is 168 g/mol. The average molecular weight is 168 g/mol. The molecular weight excluding hydrogens is 152 g/mol. The lowest BCUT2D eigenvalue weighted by atomic mass is 9.64. The molecule has 2 heterocycles. The number of aliphatic hydroxyl groups excluding tert-OH is 1. The SMILES string of the molecule is OC1OC2C3CCCC2CC1C3. The number of ether oxygens (including phenoxy) is 1. The highest BCUT2D eigenvalue weighted by Crippen LogP contribution is 2.49. The van der Waals surface area contributed by atoms with Gasteiger partial charge in [-0.3, -0.25) is 0 Å². The molecule has 2 saturated carbocycles. The predicted octanol–water partition coefficient (Wildman–Crippen LogP) is 1.53. The van der Waals surface area contributed by atoms with Crippen LogP contribution in [-0.4, -0.2) is 17.5 Å². The highest BCUT2D eigenvalue weighted by Gasteiger charge is 2.48. The van der Waals surface area contributed by atoms with E-state index in [1.165, 1.54) is 32.1 Å². The summed E-state index contributed by atoms with van der Waals surface area (Å²) in [5.74, 6) is 2.03. The van der Waals surface area contributed by atoms with Gasteiger partial charge in [0.25, 0.3) is 0 Å². The first-order valence-corrected chi connectivity index (χ1v) is 5.18. The molecule has 2 aliphatic carbocycles. The van der Waals surface area contributed by atoms with Crippen molar-refractivity contribution < 1.29 is 9.84 Å². The van der Waals surface area contributed by atoms with Crippen LogP contribution < -0.4 is 0 Å². The summed E-state index contributed by atoms with van der Waals surface area (Å²) in [6.45, 7) is 0. The highest BCUT2D eigenvalue weighted by molar-refractivity contribution is 4.95. The van der Waals surface area contributed by atoms with Crippen LogP contribution in [0.2, 0.25) is 0 Å². The Hall–Kier alpha value is -0.0800. The van der Waals surface area contributed by atoms with E-state index in [0.29, 0.717) is 12.0 Å². The fourth-order valence-electron chi connectivity index (χ4n) is 3.46. The zero-order valence-corrected chi connectivity index (χ0v) is 7.28. The lowest BCUT2D eigenvalue weighted by molar-refractivity contribution is -0.270. The average Bonchev–Trinajstić information content (AvgIpc) is 2.03. The van der Waals surface area contributed by atoms with Crippen molar-refractivity contribution in [2.24, 2.45) is 17.8 Å². The van der Waals surface area contributed by atoms with Crippen molar-refractivity contribution in [1.29, 1.82) is 0 Å². The van der Waals surface area contributed by atoms with E-state index in [4.69, 9.17) is 4.74 Å². The van der Waals surface area contributed by atoms with Crippen LogP contribution in [0.4, 0.5) is 0 Å². The third-order valence-electron chi connectivity index (χ3n) is 3.99. The zero-order chi connectivity index (χ0) is 8.13. The molecule has 0 aromatic rings. The largest absolute Gasteiger partial charge is 0.368 e. The van der Waals surface area contributed by atoms with Gasteiger partial charge in [0.15, 0.2) is 6.29 Å². The number of rotatable bonds is 0. The van der Waals surface area contributed by atoms with Gasteiger partial charge in [-0.1, -0.05) is 6.42 Å². The molecule has 3 unspecified atom stereocenters. The van der Waals surface area contributed by atoms with Crippen molar-refractivity contribution in [2.45, 2.75) is 44.5 Å². The van der Waals surface area contributed by atoms with E-state index in [0.717, 1.165) is 11.8 Å². The Balaban J connectivity index is 1.86. The third-order valence-corrected chi connectivity index (χ3v) is 3.99. The van der Waals surface area contributed by atoms with E-state index in [2.05, 4.69) is 0 Å². The van der Waals surface area contributed by atoms with Gasteiger partial charge in [0.1, 0.15) is 0 Å². The lowest BCUT2D eigenvalue weighted by Crippen LogP contribution is -2.53. The zero-order valence-electron chi connectivity index (χ0n) is 7.28. The minimum Gasteiger partial charge on any atom is -0.368 e. The third kappa shape index (κ3) is 0.882. The standard InChI is InChI=1S/C10H16O2/c11-10-8-4-6-2-1-3-7(5-8)9(6)12-10/h6-11H,1-5H2. The van der Waals surface area contributed by atoms with Crippen molar-refractivity contribution in [1.82, 2.24) is 0 Å². The Kier molecular flexibility index (Phi) is 1.50. The molecule has 3 atom stereocenters. The molecule has 2 saturated heterocycles. The van der Waals surface area contributed by atoms with Crippen molar-refractivity contribution in [3.8, 4) is 0 Å². The Morgan fingerprint density at radius 1 is 1.00 bits per heavy atom. The first-order valence-electron chi connectivity index (χ1n) is 5.18. The predicted molar refractivity (Wildman–Crippen MR) is 44.4 cm³/mol. The topological polar surface area (TPSA) is 29.5 Å². The molecule has 0 aromatic heterocycles. The maximum Gasteiger partial charge on any atom is 0.157 e. The molecule has 68 valence electrons. The minimum atomic E-state index is -0.430. The second-order valence-electron chi connectivity index (χ2n) is 4.67. The van der Waals surface area contributed by atoms with E-state index in [1.807, 2.05) is 0 Å². The fraction of sp³-hybridized carbons (Fsp3) is 1.00. The van der Waals surface area contributed by atoms with Gasteiger partial charge in [0, 0.05) is 5.92 Å². The quantitative estimate of drug-likeness (QED) is 0.594. The van der Waals surface area contributed by atoms with Gasteiger partial charge in [0.2, 0.25) is 0 Å². The van der Waals surface area contributed by atoms with E-state index in [-0.39, 0.29) is 0 Å². The molecule has 2 nitrogen and oxygen atoms in total. The first-order chi connectivity index (χ1) is 5.84. The second-order valence-corrected chi connectivity index (χ2v) is 4.67. The Morgan fingerprint density at radius 2 is 1.67 bits per heavy atom. The van der Waals surface area contributed by atoms with Crippen molar-refractivity contribution in [2.75, 3.05) is 0 Å². The maximum absolute atomic E-state index is 9.53. The highest BCUT2D eigenvalue weighted by atomic mass is 16.6. The summed E-state index contributed by atoms with van der Waals surface area (Å²) in [5.41, 5.74) is 0. The Bertz CT molecular complexity index is 178. The van der Waals surface area contributed by atoms with Crippen LogP contribution in [0.1, 0.15) is 32.1 Å². The van der Waals surface area contributed by atoms with Crippen molar-refractivity contribution >= 4 is 0 Å². The van der Waals surface area contributed by atoms with Crippen molar-refractivity contribution in [3.05, 3.63) is 0 Å². The molecule has 4 rings (SSSR count). The molecule has 0 aromatic carbocycles.